The molecule has 0 aromatic heterocycles. The number of hydrogen-bond acceptors (Lipinski definition) is 6. The van der Waals surface area contributed by atoms with Gasteiger partial charge in [-0.25, -0.2) is 0 Å². The molecule has 1 aromatic carbocycles. The number of rotatable bonds is 10. The predicted molar refractivity (Wildman–Crippen MR) is 111 cm³/mol. The Morgan fingerprint density at radius 2 is 2.00 bits per heavy atom. The number of likely N-dealkylation sites (N-methyl/N-ethyl adjacent to an activating group) is 1. The van der Waals surface area contributed by atoms with E-state index in [1.807, 2.05) is 36.0 Å². The second kappa shape index (κ2) is 10.7. The Labute approximate surface area is 166 Å². The molecular weight excluding hydrogens is 368 g/mol. The van der Waals surface area contributed by atoms with Gasteiger partial charge in [0.1, 0.15) is 12.0 Å². The largest absolute Gasteiger partial charge is 0.493 e. The van der Waals surface area contributed by atoms with Crippen LogP contribution in [0.2, 0.25) is 0 Å². The van der Waals surface area contributed by atoms with E-state index in [4.69, 9.17) is 21.7 Å². The summed E-state index contributed by atoms with van der Waals surface area (Å²) in [6, 6.07) is 7.62. The number of thioether (sulfide) groups is 1. The molecule has 0 bridgehead atoms. The SMILES string of the molecule is CCN(CC)CC(=O)CC(=S)N1CCSC1COc1ccccc1OC. The molecular formula is C19H28N2O3S2. The molecule has 7 heteroatoms. The lowest BCUT2D eigenvalue weighted by Gasteiger charge is -2.27. The van der Waals surface area contributed by atoms with Crippen molar-refractivity contribution < 1.29 is 14.3 Å². The second-order valence-electron chi connectivity index (χ2n) is 6.05. The molecule has 144 valence electrons. The smallest absolute Gasteiger partial charge is 0.161 e. The molecule has 1 aromatic rings. The Kier molecular flexibility index (Phi) is 8.68. The van der Waals surface area contributed by atoms with Gasteiger partial charge >= 0.3 is 0 Å². The summed E-state index contributed by atoms with van der Waals surface area (Å²) in [6.07, 6.45) is 0.331. The van der Waals surface area contributed by atoms with E-state index in [-0.39, 0.29) is 11.2 Å². The Balaban J connectivity index is 1.88. The Morgan fingerprint density at radius 1 is 1.31 bits per heavy atom. The van der Waals surface area contributed by atoms with Gasteiger partial charge in [0.2, 0.25) is 0 Å². The summed E-state index contributed by atoms with van der Waals surface area (Å²) in [5, 5.41) is 0.133. The molecule has 1 saturated heterocycles. The number of benzene rings is 1. The molecule has 1 fully saturated rings. The van der Waals surface area contributed by atoms with E-state index >= 15 is 0 Å². The average Bonchev–Trinajstić information content (AvgIpc) is 3.13. The highest BCUT2D eigenvalue weighted by Gasteiger charge is 2.29. The first-order valence-electron chi connectivity index (χ1n) is 8.99. The third-order valence-corrected chi connectivity index (χ3v) is 5.98. The standard InChI is InChI=1S/C19H28N2O3S2/c1-4-20(5-2)13-15(22)12-18(25)21-10-11-26-19(21)14-24-17-9-7-6-8-16(17)23-3/h6-9,19H,4-5,10-14H2,1-3H3. The van der Waals surface area contributed by atoms with Gasteiger partial charge in [-0.3, -0.25) is 9.69 Å². The van der Waals surface area contributed by atoms with Crippen molar-refractivity contribution in [3.8, 4) is 11.5 Å². The van der Waals surface area contributed by atoms with Crippen LogP contribution >= 0.6 is 24.0 Å². The number of hydrogen-bond donors (Lipinski definition) is 0. The van der Waals surface area contributed by atoms with Crippen LogP contribution in [0.4, 0.5) is 0 Å². The van der Waals surface area contributed by atoms with E-state index < -0.39 is 0 Å². The van der Waals surface area contributed by atoms with Gasteiger partial charge in [0.15, 0.2) is 17.3 Å². The third kappa shape index (κ3) is 5.86. The van der Waals surface area contributed by atoms with E-state index in [9.17, 15) is 4.79 Å². The molecule has 0 saturated carbocycles. The quantitative estimate of drug-likeness (QED) is 0.563. The fourth-order valence-electron chi connectivity index (χ4n) is 2.87. The minimum Gasteiger partial charge on any atom is -0.493 e. The van der Waals surface area contributed by atoms with E-state index in [0.717, 1.165) is 41.9 Å². The van der Waals surface area contributed by atoms with Crippen LogP contribution in [0.5, 0.6) is 11.5 Å². The molecule has 1 aliphatic rings. The summed E-state index contributed by atoms with van der Waals surface area (Å²) in [5.74, 6) is 2.62. The van der Waals surface area contributed by atoms with Crippen molar-refractivity contribution in [3.05, 3.63) is 24.3 Å². The van der Waals surface area contributed by atoms with Crippen LogP contribution in [0.25, 0.3) is 0 Å². The van der Waals surface area contributed by atoms with E-state index in [0.29, 0.717) is 19.6 Å². The monoisotopic (exact) mass is 396 g/mol. The van der Waals surface area contributed by atoms with Gasteiger partial charge in [0.05, 0.1) is 25.1 Å². The van der Waals surface area contributed by atoms with Crippen LogP contribution in [0, 0.1) is 0 Å². The van der Waals surface area contributed by atoms with Gasteiger partial charge in [0.25, 0.3) is 0 Å². The molecule has 5 nitrogen and oxygen atoms in total. The predicted octanol–water partition coefficient (Wildman–Crippen LogP) is 3.08. The molecule has 1 heterocycles. The van der Waals surface area contributed by atoms with Crippen molar-refractivity contribution >= 4 is 34.8 Å². The topological polar surface area (TPSA) is 42.0 Å². The van der Waals surface area contributed by atoms with Crippen LogP contribution in [0.1, 0.15) is 20.3 Å². The molecule has 1 atom stereocenters. The van der Waals surface area contributed by atoms with Crippen LogP contribution in [-0.4, -0.2) is 71.6 Å². The van der Waals surface area contributed by atoms with Gasteiger partial charge in [-0.15, -0.1) is 11.8 Å². The summed E-state index contributed by atoms with van der Waals surface area (Å²) in [5.41, 5.74) is 0. The zero-order chi connectivity index (χ0) is 18.9. The van der Waals surface area contributed by atoms with E-state index in [1.165, 1.54) is 0 Å². The molecule has 0 N–H and O–H groups in total. The lowest BCUT2D eigenvalue weighted by molar-refractivity contribution is -0.119. The number of ether oxygens (including phenoxy) is 2. The molecule has 0 aliphatic carbocycles. The molecule has 26 heavy (non-hydrogen) atoms. The Hall–Kier alpha value is -1.31. The van der Waals surface area contributed by atoms with Crippen molar-refractivity contribution in [3.63, 3.8) is 0 Å². The Morgan fingerprint density at radius 3 is 2.65 bits per heavy atom. The summed E-state index contributed by atoms with van der Waals surface area (Å²) in [4.78, 5) is 17.3. The molecule has 0 amide bonds. The Bertz CT molecular complexity index is 608. The number of ketones is 1. The maximum Gasteiger partial charge on any atom is 0.161 e. The van der Waals surface area contributed by atoms with Gasteiger partial charge in [-0.1, -0.05) is 38.2 Å². The van der Waals surface area contributed by atoms with Gasteiger partial charge < -0.3 is 14.4 Å². The van der Waals surface area contributed by atoms with Crippen LogP contribution < -0.4 is 9.47 Å². The van der Waals surface area contributed by atoms with E-state index in [2.05, 4.69) is 23.6 Å². The summed E-state index contributed by atoms with van der Waals surface area (Å²) in [6.45, 7) is 7.73. The van der Waals surface area contributed by atoms with Gasteiger partial charge in [0, 0.05) is 12.3 Å². The van der Waals surface area contributed by atoms with Gasteiger partial charge in [-0.2, -0.15) is 0 Å². The lowest BCUT2D eigenvalue weighted by Crippen LogP contribution is -2.39. The summed E-state index contributed by atoms with van der Waals surface area (Å²) < 4.78 is 11.3. The zero-order valence-electron chi connectivity index (χ0n) is 15.8. The minimum absolute atomic E-state index is 0.133. The number of thiocarbonyl (C=S) groups is 1. The first-order chi connectivity index (χ1) is 12.6. The summed E-state index contributed by atoms with van der Waals surface area (Å²) in [7, 11) is 1.63. The van der Waals surface area contributed by atoms with Crippen LogP contribution in [0.15, 0.2) is 24.3 Å². The maximum absolute atomic E-state index is 12.3. The number of nitrogens with zero attached hydrogens (tertiary/aromatic N) is 2. The van der Waals surface area contributed by atoms with Crippen LogP contribution in [0.3, 0.4) is 0 Å². The van der Waals surface area contributed by atoms with Crippen molar-refractivity contribution in [2.75, 3.05) is 45.6 Å². The first-order valence-corrected chi connectivity index (χ1v) is 10.5. The molecule has 2 rings (SSSR count). The van der Waals surface area contributed by atoms with Crippen molar-refractivity contribution in [2.45, 2.75) is 25.6 Å². The fraction of sp³-hybridized carbons (Fsp3) is 0.579. The highest BCUT2D eigenvalue weighted by Crippen LogP contribution is 2.29. The van der Waals surface area contributed by atoms with E-state index in [1.54, 1.807) is 7.11 Å². The number of para-hydroxylation sites is 2. The van der Waals surface area contributed by atoms with Crippen molar-refractivity contribution in [1.82, 2.24) is 9.80 Å². The minimum atomic E-state index is 0.133. The lowest BCUT2D eigenvalue weighted by atomic mass is 10.2. The average molecular weight is 397 g/mol. The van der Waals surface area contributed by atoms with Crippen molar-refractivity contribution in [1.29, 1.82) is 0 Å². The summed E-state index contributed by atoms with van der Waals surface area (Å²) >= 11 is 7.38. The number of carbonyl (C=O) groups is 1. The van der Waals surface area contributed by atoms with Crippen LogP contribution in [-0.2, 0) is 4.79 Å². The fourth-order valence-corrected chi connectivity index (χ4v) is 4.46. The van der Waals surface area contributed by atoms with Crippen molar-refractivity contribution in [2.24, 2.45) is 0 Å². The number of carbonyl (C=O) groups excluding carboxylic acids is 1. The second-order valence-corrected chi connectivity index (χ2v) is 7.81. The molecule has 0 radical (unpaired) electrons. The highest BCUT2D eigenvalue weighted by molar-refractivity contribution is 8.00. The molecule has 1 unspecified atom stereocenters. The molecule has 0 spiro atoms. The van der Waals surface area contributed by atoms with Gasteiger partial charge in [-0.05, 0) is 25.2 Å². The highest BCUT2D eigenvalue weighted by atomic mass is 32.2. The number of Topliss-reactive ketones (excluding diaryl/α,β-unsaturated/α-hetero) is 1. The normalized spacial score (nSPS) is 16.8. The third-order valence-electron chi connectivity index (χ3n) is 4.40. The first kappa shape index (κ1) is 21.0. The zero-order valence-corrected chi connectivity index (χ0v) is 17.4. The maximum atomic E-state index is 12.3. The molecule has 1 aliphatic heterocycles. The number of methoxy groups -OCH3 is 1.